The third kappa shape index (κ3) is 3.80. The summed E-state index contributed by atoms with van der Waals surface area (Å²) in [5.41, 5.74) is 0.908. The van der Waals surface area contributed by atoms with E-state index in [4.69, 9.17) is 16.7 Å². The molecule has 0 saturated carbocycles. The predicted octanol–water partition coefficient (Wildman–Crippen LogP) is 3.43. The average Bonchev–Trinajstić information content (AvgIpc) is 2.21. The zero-order valence-corrected chi connectivity index (χ0v) is 9.60. The first kappa shape index (κ1) is 12.5. The first-order valence-corrected chi connectivity index (χ1v) is 5.60. The summed E-state index contributed by atoms with van der Waals surface area (Å²) in [6.07, 6.45) is 2.71. The van der Waals surface area contributed by atoms with E-state index in [1.807, 2.05) is 0 Å². The van der Waals surface area contributed by atoms with Crippen molar-refractivity contribution in [2.75, 3.05) is 6.61 Å². The van der Waals surface area contributed by atoms with Crippen LogP contribution in [-0.4, -0.2) is 11.7 Å². The smallest absolute Gasteiger partial charge is 0.124 e. The second kappa shape index (κ2) is 6.09. The molecule has 3 heteroatoms. The van der Waals surface area contributed by atoms with E-state index in [0.29, 0.717) is 11.4 Å². The molecule has 0 heterocycles. The molecule has 0 saturated heterocycles. The van der Waals surface area contributed by atoms with E-state index >= 15 is 0 Å². The Morgan fingerprint density at radius 2 is 2.20 bits per heavy atom. The Bertz CT molecular complexity index is 314. The van der Waals surface area contributed by atoms with Crippen LogP contribution in [0.5, 0.6) is 0 Å². The first-order valence-electron chi connectivity index (χ1n) is 5.22. The van der Waals surface area contributed by atoms with Gasteiger partial charge in [0, 0.05) is 11.6 Å². The van der Waals surface area contributed by atoms with Gasteiger partial charge in [0.15, 0.2) is 0 Å². The molecular formula is C12H16ClFO. The molecule has 1 nitrogen and oxygen atoms in total. The first-order chi connectivity index (χ1) is 7.17. The van der Waals surface area contributed by atoms with Crippen LogP contribution in [0.1, 0.15) is 25.3 Å². The minimum atomic E-state index is -0.320. The van der Waals surface area contributed by atoms with Gasteiger partial charge in [-0.2, -0.15) is 0 Å². The Labute approximate surface area is 94.9 Å². The Morgan fingerprint density at radius 3 is 2.73 bits per heavy atom. The van der Waals surface area contributed by atoms with Crippen LogP contribution in [0.3, 0.4) is 0 Å². The van der Waals surface area contributed by atoms with Crippen molar-refractivity contribution < 1.29 is 9.50 Å². The van der Waals surface area contributed by atoms with Gasteiger partial charge in [-0.05, 0) is 36.5 Å². The maximum atomic E-state index is 12.8. The van der Waals surface area contributed by atoms with Gasteiger partial charge in [-0.15, -0.1) is 0 Å². The number of hydrogen-bond donors (Lipinski definition) is 1. The fraction of sp³-hybridized carbons (Fsp3) is 0.500. The maximum absolute atomic E-state index is 12.8. The number of halogens is 2. The van der Waals surface area contributed by atoms with Crippen LogP contribution in [-0.2, 0) is 6.42 Å². The van der Waals surface area contributed by atoms with E-state index in [1.165, 1.54) is 12.1 Å². The highest BCUT2D eigenvalue weighted by atomic mass is 35.5. The van der Waals surface area contributed by atoms with Crippen LogP contribution < -0.4 is 0 Å². The topological polar surface area (TPSA) is 20.2 Å². The van der Waals surface area contributed by atoms with E-state index in [0.717, 1.165) is 18.4 Å². The van der Waals surface area contributed by atoms with Gasteiger partial charge in [-0.1, -0.05) is 31.0 Å². The molecule has 0 spiro atoms. The SMILES string of the molecule is CCCC(CO)Cc1ccc(F)cc1Cl. The van der Waals surface area contributed by atoms with Crippen molar-refractivity contribution in [3.63, 3.8) is 0 Å². The van der Waals surface area contributed by atoms with Crippen LogP contribution in [0.2, 0.25) is 5.02 Å². The monoisotopic (exact) mass is 230 g/mol. The minimum absolute atomic E-state index is 0.154. The summed E-state index contributed by atoms with van der Waals surface area (Å²) < 4.78 is 12.8. The lowest BCUT2D eigenvalue weighted by Gasteiger charge is -2.13. The molecule has 1 aromatic rings. The van der Waals surface area contributed by atoms with Gasteiger partial charge in [0.05, 0.1) is 0 Å². The molecule has 0 aliphatic carbocycles. The van der Waals surface area contributed by atoms with Crippen LogP contribution in [0.25, 0.3) is 0 Å². The second-order valence-corrected chi connectivity index (χ2v) is 4.18. The highest BCUT2D eigenvalue weighted by Crippen LogP contribution is 2.22. The lowest BCUT2D eigenvalue weighted by molar-refractivity contribution is 0.217. The van der Waals surface area contributed by atoms with Crippen molar-refractivity contribution in [3.8, 4) is 0 Å². The van der Waals surface area contributed by atoms with Crippen LogP contribution >= 0.6 is 11.6 Å². The number of aliphatic hydroxyl groups excluding tert-OH is 1. The summed E-state index contributed by atoms with van der Waals surface area (Å²) in [6, 6.07) is 4.41. The summed E-state index contributed by atoms with van der Waals surface area (Å²) in [7, 11) is 0. The summed E-state index contributed by atoms with van der Waals surface area (Å²) in [4.78, 5) is 0. The van der Waals surface area contributed by atoms with E-state index in [9.17, 15) is 4.39 Å². The van der Waals surface area contributed by atoms with E-state index in [2.05, 4.69) is 6.92 Å². The van der Waals surface area contributed by atoms with Gasteiger partial charge in [-0.3, -0.25) is 0 Å². The van der Waals surface area contributed by atoms with Gasteiger partial charge in [0.1, 0.15) is 5.82 Å². The molecule has 1 unspecified atom stereocenters. The molecule has 84 valence electrons. The quantitative estimate of drug-likeness (QED) is 0.822. The van der Waals surface area contributed by atoms with Crippen molar-refractivity contribution in [1.29, 1.82) is 0 Å². The van der Waals surface area contributed by atoms with E-state index in [-0.39, 0.29) is 18.3 Å². The molecule has 0 aromatic heterocycles. The summed E-state index contributed by atoms with van der Waals surface area (Å²) in [5, 5.41) is 9.60. The Balaban J connectivity index is 2.70. The van der Waals surface area contributed by atoms with Gasteiger partial charge in [0.25, 0.3) is 0 Å². The van der Waals surface area contributed by atoms with Gasteiger partial charge >= 0.3 is 0 Å². The molecule has 0 aliphatic rings. The van der Waals surface area contributed by atoms with Crippen molar-refractivity contribution in [2.45, 2.75) is 26.2 Å². The largest absolute Gasteiger partial charge is 0.396 e. The lowest BCUT2D eigenvalue weighted by atomic mass is 9.96. The molecule has 0 radical (unpaired) electrons. The van der Waals surface area contributed by atoms with E-state index in [1.54, 1.807) is 6.07 Å². The second-order valence-electron chi connectivity index (χ2n) is 3.78. The number of aliphatic hydroxyl groups is 1. The molecule has 1 aromatic carbocycles. The van der Waals surface area contributed by atoms with Crippen molar-refractivity contribution >= 4 is 11.6 Å². The molecular weight excluding hydrogens is 215 g/mol. The fourth-order valence-corrected chi connectivity index (χ4v) is 1.91. The van der Waals surface area contributed by atoms with Crippen molar-refractivity contribution in [1.82, 2.24) is 0 Å². The molecule has 0 aliphatic heterocycles. The van der Waals surface area contributed by atoms with Crippen LogP contribution in [0, 0.1) is 11.7 Å². The zero-order chi connectivity index (χ0) is 11.3. The molecule has 1 N–H and O–H groups in total. The summed E-state index contributed by atoms with van der Waals surface area (Å²) in [6.45, 7) is 2.23. The summed E-state index contributed by atoms with van der Waals surface area (Å²) >= 11 is 5.91. The third-order valence-corrected chi connectivity index (χ3v) is 2.83. The highest BCUT2D eigenvalue weighted by Gasteiger charge is 2.10. The van der Waals surface area contributed by atoms with Gasteiger partial charge < -0.3 is 5.11 Å². The van der Waals surface area contributed by atoms with Crippen molar-refractivity contribution in [2.24, 2.45) is 5.92 Å². The number of benzene rings is 1. The van der Waals surface area contributed by atoms with Gasteiger partial charge in [-0.25, -0.2) is 4.39 Å². The maximum Gasteiger partial charge on any atom is 0.124 e. The van der Waals surface area contributed by atoms with Crippen LogP contribution in [0.15, 0.2) is 18.2 Å². The molecule has 1 rings (SSSR count). The minimum Gasteiger partial charge on any atom is -0.396 e. The Morgan fingerprint density at radius 1 is 1.47 bits per heavy atom. The average molecular weight is 231 g/mol. The molecule has 0 amide bonds. The Hall–Kier alpha value is -0.600. The fourth-order valence-electron chi connectivity index (χ4n) is 1.66. The normalized spacial score (nSPS) is 12.8. The standard InChI is InChI=1S/C12H16ClFO/c1-2-3-9(8-15)6-10-4-5-11(14)7-12(10)13/h4-5,7,9,15H,2-3,6,8H2,1H3. The number of hydrogen-bond acceptors (Lipinski definition) is 1. The third-order valence-electron chi connectivity index (χ3n) is 2.48. The zero-order valence-electron chi connectivity index (χ0n) is 8.84. The molecule has 15 heavy (non-hydrogen) atoms. The molecule has 0 bridgehead atoms. The molecule has 0 fully saturated rings. The summed E-state index contributed by atoms with van der Waals surface area (Å²) in [5.74, 6) is -0.0993. The van der Waals surface area contributed by atoms with E-state index < -0.39 is 0 Å². The molecule has 1 atom stereocenters. The van der Waals surface area contributed by atoms with Crippen molar-refractivity contribution in [3.05, 3.63) is 34.6 Å². The number of rotatable bonds is 5. The van der Waals surface area contributed by atoms with Gasteiger partial charge in [0.2, 0.25) is 0 Å². The lowest BCUT2D eigenvalue weighted by Crippen LogP contribution is -2.09. The predicted molar refractivity (Wildman–Crippen MR) is 60.6 cm³/mol. The Kier molecular flexibility index (Phi) is 5.06. The highest BCUT2D eigenvalue weighted by molar-refractivity contribution is 6.31. The van der Waals surface area contributed by atoms with Crippen LogP contribution in [0.4, 0.5) is 4.39 Å².